The number of nitrogens with zero attached hydrogens (tertiary/aromatic N) is 2. The van der Waals surface area contributed by atoms with Crippen molar-refractivity contribution in [2.75, 3.05) is 31.6 Å². The van der Waals surface area contributed by atoms with Crippen LogP contribution in [0.3, 0.4) is 0 Å². The fourth-order valence-electron chi connectivity index (χ4n) is 4.05. The molecule has 0 saturated carbocycles. The van der Waals surface area contributed by atoms with Crippen molar-refractivity contribution in [1.82, 2.24) is 4.90 Å². The van der Waals surface area contributed by atoms with E-state index in [2.05, 4.69) is 0 Å². The van der Waals surface area contributed by atoms with E-state index in [0.717, 1.165) is 5.69 Å². The van der Waals surface area contributed by atoms with Gasteiger partial charge in [0.2, 0.25) is 0 Å². The number of ether oxygens (including phenoxy) is 1. The number of likely N-dealkylation sites (tertiary alicyclic amines) is 1. The number of hydrogen-bond acceptors (Lipinski definition) is 6. The van der Waals surface area contributed by atoms with Gasteiger partial charge in [0.15, 0.2) is 0 Å². The lowest BCUT2D eigenvalue weighted by Gasteiger charge is -2.28. The van der Waals surface area contributed by atoms with Crippen LogP contribution in [0, 0.1) is 0 Å². The van der Waals surface area contributed by atoms with Crippen molar-refractivity contribution in [3.63, 3.8) is 0 Å². The number of rotatable bonds is 4. The first-order valence-corrected chi connectivity index (χ1v) is 9.98. The Morgan fingerprint density at radius 3 is 2.73 bits per heavy atom. The molecule has 0 aromatic heterocycles. The molecule has 1 amide bonds. The summed E-state index contributed by atoms with van der Waals surface area (Å²) >= 11 is 0. The van der Waals surface area contributed by atoms with Crippen LogP contribution in [-0.2, 0) is 9.59 Å². The molecular formula is C23H24N2O5. The SMILES string of the molecule is CCCN1C(=O)C(=O)/C(=C(\O)c2ccc3c(c2)N(C)CCO3)C1c1cccc(O)c1. The molecule has 7 nitrogen and oxygen atoms in total. The van der Waals surface area contributed by atoms with Crippen molar-refractivity contribution in [3.05, 3.63) is 59.2 Å². The number of carbonyl (C=O) groups is 2. The van der Waals surface area contributed by atoms with Gasteiger partial charge in [-0.25, -0.2) is 0 Å². The standard InChI is InChI=1S/C23H24N2O5/c1-3-9-25-20(14-5-4-6-16(26)12-14)19(22(28)23(25)29)21(27)15-7-8-18-17(13-15)24(2)10-11-30-18/h4-8,12-13,20,26-27H,3,9-11H2,1-2H3/b21-19-. The molecule has 2 aliphatic rings. The van der Waals surface area contributed by atoms with Crippen molar-refractivity contribution in [1.29, 1.82) is 0 Å². The van der Waals surface area contributed by atoms with Gasteiger partial charge in [0.25, 0.3) is 11.7 Å². The highest BCUT2D eigenvalue weighted by molar-refractivity contribution is 6.46. The van der Waals surface area contributed by atoms with Crippen LogP contribution in [-0.4, -0.2) is 53.5 Å². The Labute approximate surface area is 174 Å². The minimum atomic E-state index is -0.762. The summed E-state index contributed by atoms with van der Waals surface area (Å²) in [7, 11) is 1.93. The first kappa shape index (κ1) is 19.8. The third-order valence-electron chi connectivity index (χ3n) is 5.52. The molecular weight excluding hydrogens is 384 g/mol. The number of Topliss-reactive ketones (excluding diaryl/α,β-unsaturated/α-hetero) is 1. The maximum absolute atomic E-state index is 12.9. The Morgan fingerprint density at radius 2 is 2.00 bits per heavy atom. The van der Waals surface area contributed by atoms with Gasteiger partial charge in [-0.1, -0.05) is 19.1 Å². The van der Waals surface area contributed by atoms with E-state index in [9.17, 15) is 19.8 Å². The molecule has 1 atom stereocenters. The monoisotopic (exact) mass is 408 g/mol. The number of hydrogen-bond donors (Lipinski definition) is 2. The zero-order chi connectivity index (χ0) is 21.4. The fraction of sp³-hybridized carbons (Fsp3) is 0.304. The average molecular weight is 408 g/mol. The number of aliphatic hydroxyl groups is 1. The van der Waals surface area contributed by atoms with Crippen LogP contribution in [0.25, 0.3) is 5.76 Å². The van der Waals surface area contributed by atoms with Gasteiger partial charge in [-0.05, 0) is 42.3 Å². The summed E-state index contributed by atoms with van der Waals surface area (Å²) in [5, 5.41) is 21.1. The summed E-state index contributed by atoms with van der Waals surface area (Å²) in [5.41, 5.74) is 1.84. The van der Waals surface area contributed by atoms with Gasteiger partial charge < -0.3 is 24.7 Å². The molecule has 0 aliphatic carbocycles. The zero-order valence-corrected chi connectivity index (χ0v) is 17.0. The van der Waals surface area contributed by atoms with Gasteiger partial charge in [-0.15, -0.1) is 0 Å². The highest BCUT2D eigenvalue weighted by Gasteiger charge is 2.45. The highest BCUT2D eigenvalue weighted by Crippen LogP contribution is 2.41. The van der Waals surface area contributed by atoms with Gasteiger partial charge in [-0.3, -0.25) is 9.59 Å². The average Bonchev–Trinajstić information content (AvgIpc) is 2.99. The number of fused-ring (bicyclic) bond motifs is 1. The topological polar surface area (TPSA) is 90.3 Å². The van der Waals surface area contributed by atoms with Crippen LogP contribution < -0.4 is 9.64 Å². The summed E-state index contributed by atoms with van der Waals surface area (Å²) in [6.07, 6.45) is 0.656. The summed E-state index contributed by atoms with van der Waals surface area (Å²) in [4.78, 5) is 29.1. The van der Waals surface area contributed by atoms with E-state index in [-0.39, 0.29) is 17.1 Å². The number of likely N-dealkylation sites (N-methyl/N-ethyl adjacent to an activating group) is 1. The molecule has 4 rings (SSSR count). The van der Waals surface area contributed by atoms with Gasteiger partial charge >= 0.3 is 0 Å². The van der Waals surface area contributed by atoms with Crippen molar-refractivity contribution in [2.45, 2.75) is 19.4 Å². The van der Waals surface area contributed by atoms with Crippen molar-refractivity contribution in [2.24, 2.45) is 0 Å². The molecule has 2 aliphatic heterocycles. The van der Waals surface area contributed by atoms with E-state index in [1.165, 1.54) is 17.0 Å². The van der Waals surface area contributed by atoms with Gasteiger partial charge in [0, 0.05) is 19.2 Å². The Balaban J connectivity index is 1.87. The van der Waals surface area contributed by atoms with Crippen LogP contribution in [0.15, 0.2) is 48.0 Å². The first-order valence-electron chi connectivity index (χ1n) is 9.98. The minimum absolute atomic E-state index is 0.0263. The van der Waals surface area contributed by atoms with Crippen LogP contribution in [0.5, 0.6) is 11.5 Å². The number of phenolic OH excluding ortho intramolecular Hbond substituents is 1. The van der Waals surface area contributed by atoms with Gasteiger partial charge in [0.05, 0.1) is 23.8 Å². The van der Waals surface area contributed by atoms with E-state index in [4.69, 9.17) is 4.74 Å². The molecule has 0 bridgehead atoms. The third-order valence-corrected chi connectivity index (χ3v) is 5.52. The molecule has 0 spiro atoms. The molecule has 1 unspecified atom stereocenters. The second-order valence-electron chi connectivity index (χ2n) is 7.54. The molecule has 2 heterocycles. The number of carbonyl (C=O) groups excluding carboxylic acids is 2. The second kappa shape index (κ2) is 7.74. The molecule has 7 heteroatoms. The number of amides is 1. The number of aliphatic hydroxyl groups excluding tert-OH is 1. The largest absolute Gasteiger partial charge is 0.508 e. The van der Waals surface area contributed by atoms with E-state index in [1.54, 1.807) is 30.3 Å². The zero-order valence-electron chi connectivity index (χ0n) is 17.0. The maximum Gasteiger partial charge on any atom is 0.295 e. The van der Waals surface area contributed by atoms with Crippen LogP contribution in [0.4, 0.5) is 5.69 Å². The molecule has 2 N–H and O–H groups in total. The van der Waals surface area contributed by atoms with Crippen LogP contribution >= 0.6 is 0 Å². The molecule has 0 radical (unpaired) electrons. The van der Waals surface area contributed by atoms with Gasteiger partial charge in [-0.2, -0.15) is 0 Å². The summed E-state index contributed by atoms with van der Waals surface area (Å²) < 4.78 is 5.65. The molecule has 156 valence electrons. The number of ketones is 1. The lowest BCUT2D eigenvalue weighted by molar-refractivity contribution is -0.139. The van der Waals surface area contributed by atoms with Crippen LogP contribution in [0.2, 0.25) is 0 Å². The summed E-state index contributed by atoms with van der Waals surface area (Å²) in [6.45, 7) is 3.57. The van der Waals surface area contributed by atoms with Crippen molar-refractivity contribution in [3.8, 4) is 11.5 Å². The molecule has 2 aromatic carbocycles. The Hall–Kier alpha value is -3.48. The molecule has 2 aromatic rings. The van der Waals surface area contributed by atoms with E-state index in [1.807, 2.05) is 18.9 Å². The van der Waals surface area contributed by atoms with E-state index < -0.39 is 17.7 Å². The number of phenols is 1. The summed E-state index contributed by atoms with van der Waals surface area (Å²) in [6, 6.07) is 10.9. The predicted octanol–water partition coefficient (Wildman–Crippen LogP) is 3.05. The highest BCUT2D eigenvalue weighted by atomic mass is 16.5. The van der Waals surface area contributed by atoms with E-state index >= 15 is 0 Å². The predicted molar refractivity (Wildman–Crippen MR) is 113 cm³/mol. The van der Waals surface area contributed by atoms with Crippen molar-refractivity contribution < 1.29 is 24.5 Å². The molecule has 1 fully saturated rings. The Kier molecular flexibility index (Phi) is 5.11. The smallest absolute Gasteiger partial charge is 0.295 e. The normalized spacial score (nSPS) is 20.3. The number of benzene rings is 2. The van der Waals surface area contributed by atoms with Crippen LogP contribution in [0.1, 0.15) is 30.5 Å². The van der Waals surface area contributed by atoms with Gasteiger partial charge in [0.1, 0.15) is 23.9 Å². The summed E-state index contributed by atoms with van der Waals surface area (Å²) in [5.74, 6) is -0.873. The number of anilines is 1. The lowest BCUT2D eigenvalue weighted by Crippen LogP contribution is -2.30. The quantitative estimate of drug-likeness (QED) is 0.459. The maximum atomic E-state index is 12.9. The number of aromatic hydroxyl groups is 1. The van der Waals surface area contributed by atoms with E-state index in [0.29, 0.717) is 43.0 Å². The molecule has 30 heavy (non-hydrogen) atoms. The Morgan fingerprint density at radius 1 is 1.20 bits per heavy atom. The minimum Gasteiger partial charge on any atom is -0.508 e. The Bertz CT molecular complexity index is 1050. The third kappa shape index (κ3) is 3.26. The molecule has 1 saturated heterocycles. The lowest BCUT2D eigenvalue weighted by atomic mass is 9.94. The van der Waals surface area contributed by atoms with Crippen molar-refractivity contribution >= 4 is 23.1 Å². The second-order valence-corrected chi connectivity index (χ2v) is 7.54. The fourth-order valence-corrected chi connectivity index (χ4v) is 4.05. The first-order chi connectivity index (χ1) is 14.4.